The number of rotatable bonds is 21. The summed E-state index contributed by atoms with van der Waals surface area (Å²) >= 11 is 0. The fourth-order valence-corrected chi connectivity index (χ4v) is 3.97. The van der Waals surface area contributed by atoms with Gasteiger partial charge in [0.25, 0.3) is 0 Å². The van der Waals surface area contributed by atoms with Crippen LogP contribution in [0.25, 0.3) is 0 Å². The molecule has 7 N–H and O–H groups in total. The Balaban J connectivity index is 4.34. The standard InChI is InChI=1S/C28H55N3O4/c1-6-7-8-9-10-11-12-13-14-15-16-17-18-19-22(32)24(30)26(33)27(34)25(21(4)5)31-28(35)23(29)20(2)3/h18-26,32-33H,6-17,29-30H2,1-5H3,(H,31,35)/b19-18+/t22-,23+,24-,25+,26?/m1/s1. The second-order valence-corrected chi connectivity index (χ2v) is 10.7. The highest BCUT2D eigenvalue weighted by molar-refractivity contribution is 5.93. The molecular formula is C28H55N3O4. The Morgan fingerprint density at radius 2 is 1.29 bits per heavy atom. The molecule has 0 aliphatic rings. The molecule has 206 valence electrons. The third-order valence-electron chi connectivity index (χ3n) is 6.65. The first kappa shape index (κ1) is 33.7. The van der Waals surface area contributed by atoms with Gasteiger partial charge in [-0.05, 0) is 24.7 Å². The van der Waals surface area contributed by atoms with E-state index >= 15 is 0 Å². The molecule has 0 aromatic heterocycles. The van der Waals surface area contributed by atoms with Gasteiger partial charge in [-0.3, -0.25) is 9.59 Å². The fourth-order valence-electron chi connectivity index (χ4n) is 3.97. The topological polar surface area (TPSA) is 139 Å². The summed E-state index contributed by atoms with van der Waals surface area (Å²) in [5.41, 5.74) is 11.8. The smallest absolute Gasteiger partial charge is 0.237 e. The van der Waals surface area contributed by atoms with Crippen molar-refractivity contribution in [3.8, 4) is 0 Å². The molecule has 0 aromatic carbocycles. The Bertz CT molecular complexity index is 595. The summed E-state index contributed by atoms with van der Waals surface area (Å²) in [5.74, 6) is -1.41. The molecule has 0 bridgehead atoms. The summed E-state index contributed by atoms with van der Waals surface area (Å²) in [6.07, 6.45) is 15.5. The number of hydrogen-bond acceptors (Lipinski definition) is 6. The van der Waals surface area contributed by atoms with Crippen LogP contribution in [0.15, 0.2) is 12.2 Å². The predicted octanol–water partition coefficient (Wildman–Crippen LogP) is 3.99. The second kappa shape index (κ2) is 19.9. The monoisotopic (exact) mass is 497 g/mol. The maximum atomic E-state index is 12.8. The number of hydrogen-bond donors (Lipinski definition) is 5. The van der Waals surface area contributed by atoms with Crippen molar-refractivity contribution < 1.29 is 19.8 Å². The fraction of sp³-hybridized carbons (Fsp3) is 0.857. The Morgan fingerprint density at radius 1 is 0.800 bits per heavy atom. The third-order valence-corrected chi connectivity index (χ3v) is 6.65. The molecule has 0 fully saturated rings. The minimum absolute atomic E-state index is 0.0858. The molecule has 0 heterocycles. The van der Waals surface area contributed by atoms with Crippen molar-refractivity contribution in [3.63, 3.8) is 0 Å². The van der Waals surface area contributed by atoms with E-state index in [-0.39, 0.29) is 11.8 Å². The van der Waals surface area contributed by atoms with Gasteiger partial charge in [0.2, 0.25) is 5.91 Å². The molecule has 0 aliphatic heterocycles. The van der Waals surface area contributed by atoms with E-state index in [1.165, 1.54) is 57.8 Å². The zero-order valence-electron chi connectivity index (χ0n) is 23.0. The molecule has 0 aliphatic carbocycles. The highest BCUT2D eigenvalue weighted by Gasteiger charge is 2.35. The normalized spacial score (nSPS) is 16.4. The molecule has 0 rings (SSSR count). The van der Waals surface area contributed by atoms with Gasteiger partial charge in [0, 0.05) is 0 Å². The number of carbonyl (C=O) groups is 2. The quantitative estimate of drug-likeness (QED) is 0.120. The van der Waals surface area contributed by atoms with Gasteiger partial charge in [-0.1, -0.05) is 111 Å². The summed E-state index contributed by atoms with van der Waals surface area (Å²) in [7, 11) is 0. The molecule has 0 saturated carbocycles. The summed E-state index contributed by atoms with van der Waals surface area (Å²) in [6.45, 7) is 9.42. The molecule has 0 radical (unpaired) electrons. The molecule has 1 amide bonds. The zero-order valence-corrected chi connectivity index (χ0v) is 23.0. The number of Topliss-reactive ketones (excluding diaryl/α,β-unsaturated/α-hetero) is 1. The highest BCUT2D eigenvalue weighted by Crippen LogP contribution is 2.13. The van der Waals surface area contributed by atoms with Crippen molar-refractivity contribution in [1.29, 1.82) is 0 Å². The minimum Gasteiger partial charge on any atom is -0.387 e. The Morgan fingerprint density at radius 3 is 1.74 bits per heavy atom. The van der Waals surface area contributed by atoms with Crippen LogP contribution < -0.4 is 16.8 Å². The number of nitrogens with one attached hydrogen (secondary N) is 1. The largest absolute Gasteiger partial charge is 0.387 e. The highest BCUT2D eigenvalue weighted by atomic mass is 16.3. The maximum absolute atomic E-state index is 12.8. The lowest BCUT2D eigenvalue weighted by atomic mass is 9.91. The zero-order chi connectivity index (χ0) is 26.8. The Labute approximate surface area is 214 Å². The summed E-state index contributed by atoms with van der Waals surface area (Å²) in [4.78, 5) is 25.1. The van der Waals surface area contributed by atoms with Gasteiger partial charge in [0.05, 0.1) is 24.2 Å². The number of amides is 1. The number of nitrogens with two attached hydrogens (primary N) is 2. The van der Waals surface area contributed by atoms with Crippen LogP contribution in [0.3, 0.4) is 0 Å². The summed E-state index contributed by atoms with van der Waals surface area (Å²) in [5, 5.41) is 23.5. The van der Waals surface area contributed by atoms with Crippen LogP contribution in [0, 0.1) is 11.8 Å². The van der Waals surface area contributed by atoms with Gasteiger partial charge in [0.1, 0.15) is 6.10 Å². The number of allylic oxidation sites excluding steroid dienone is 1. The van der Waals surface area contributed by atoms with E-state index in [0.29, 0.717) is 0 Å². The first-order valence-corrected chi connectivity index (χ1v) is 13.9. The predicted molar refractivity (Wildman–Crippen MR) is 145 cm³/mol. The van der Waals surface area contributed by atoms with Crippen molar-refractivity contribution in [2.45, 2.75) is 142 Å². The third kappa shape index (κ3) is 14.8. The molecule has 35 heavy (non-hydrogen) atoms. The van der Waals surface area contributed by atoms with Crippen molar-refractivity contribution in [3.05, 3.63) is 12.2 Å². The summed E-state index contributed by atoms with van der Waals surface area (Å²) in [6, 6.07) is -2.85. The van der Waals surface area contributed by atoms with Gasteiger partial charge < -0.3 is 27.0 Å². The van der Waals surface area contributed by atoms with Crippen LogP contribution in [0.4, 0.5) is 0 Å². The number of ketones is 1. The lowest BCUT2D eigenvalue weighted by molar-refractivity contribution is -0.136. The van der Waals surface area contributed by atoms with Crippen molar-refractivity contribution >= 4 is 11.7 Å². The van der Waals surface area contributed by atoms with Crippen LogP contribution in [0.1, 0.15) is 112 Å². The molecule has 5 atom stereocenters. The number of aliphatic hydroxyl groups excluding tert-OH is 2. The van der Waals surface area contributed by atoms with Crippen LogP contribution in [0.5, 0.6) is 0 Å². The van der Waals surface area contributed by atoms with Crippen LogP contribution in [-0.2, 0) is 9.59 Å². The Kier molecular flexibility index (Phi) is 19.1. The molecule has 0 saturated heterocycles. The van der Waals surface area contributed by atoms with Crippen molar-refractivity contribution in [2.75, 3.05) is 0 Å². The lowest BCUT2D eigenvalue weighted by Gasteiger charge is -2.29. The Hall–Kier alpha value is -1.28. The lowest BCUT2D eigenvalue weighted by Crippen LogP contribution is -2.58. The molecule has 7 heteroatoms. The second-order valence-electron chi connectivity index (χ2n) is 10.7. The molecule has 0 spiro atoms. The average Bonchev–Trinajstić information content (AvgIpc) is 2.82. The van der Waals surface area contributed by atoms with Crippen LogP contribution in [-0.4, -0.2) is 52.2 Å². The van der Waals surface area contributed by atoms with E-state index in [0.717, 1.165) is 19.3 Å². The summed E-state index contributed by atoms with van der Waals surface area (Å²) < 4.78 is 0. The van der Waals surface area contributed by atoms with Gasteiger partial charge in [-0.25, -0.2) is 0 Å². The van der Waals surface area contributed by atoms with E-state index in [1.807, 2.05) is 19.9 Å². The van der Waals surface area contributed by atoms with Crippen LogP contribution in [0.2, 0.25) is 0 Å². The van der Waals surface area contributed by atoms with Gasteiger partial charge in [0.15, 0.2) is 5.78 Å². The number of carbonyl (C=O) groups excluding carboxylic acids is 2. The van der Waals surface area contributed by atoms with E-state index in [9.17, 15) is 19.8 Å². The first-order chi connectivity index (χ1) is 16.5. The van der Waals surface area contributed by atoms with E-state index < -0.39 is 42.0 Å². The van der Waals surface area contributed by atoms with Crippen LogP contribution >= 0.6 is 0 Å². The molecule has 1 unspecified atom stereocenters. The average molecular weight is 498 g/mol. The van der Waals surface area contributed by atoms with E-state index in [4.69, 9.17) is 11.5 Å². The SMILES string of the molecule is CCCCCCCCCCCCC/C=C/[C@@H](O)[C@@H](N)C(O)C(=O)[C@@H](NC(=O)[C@@H](N)C(C)C)C(C)C. The minimum atomic E-state index is -1.60. The first-order valence-electron chi connectivity index (χ1n) is 13.9. The maximum Gasteiger partial charge on any atom is 0.237 e. The molecule has 0 aromatic rings. The van der Waals surface area contributed by atoms with E-state index in [2.05, 4.69) is 12.2 Å². The molecular weight excluding hydrogens is 442 g/mol. The van der Waals surface area contributed by atoms with Crippen molar-refractivity contribution in [2.24, 2.45) is 23.3 Å². The molecule has 7 nitrogen and oxygen atoms in total. The van der Waals surface area contributed by atoms with E-state index in [1.54, 1.807) is 19.9 Å². The van der Waals surface area contributed by atoms with Gasteiger partial charge in [-0.15, -0.1) is 0 Å². The number of unbranched alkanes of at least 4 members (excludes halogenated alkanes) is 11. The van der Waals surface area contributed by atoms with Crippen molar-refractivity contribution in [1.82, 2.24) is 5.32 Å². The van der Waals surface area contributed by atoms with Gasteiger partial charge in [-0.2, -0.15) is 0 Å². The van der Waals surface area contributed by atoms with Gasteiger partial charge >= 0.3 is 0 Å². The number of aliphatic hydroxyl groups is 2.